The lowest BCUT2D eigenvalue weighted by molar-refractivity contribution is -0.120. The molecule has 0 atom stereocenters. The van der Waals surface area contributed by atoms with Crippen LogP contribution in [0.15, 0.2) is 0 Å². The highest BCUT2D eigenvalue weighted by Crippen LogP contribution is 2.17. The lowest BCUT2D eigenvalue weighted by atomic mass is 9.93. The van der Waals surface area contributed by atoms with Gasteiger partial charge in [0.25, 0.3) is 0 Å². The molecule has 2 N–H and O–H groups in total. The zero-order valence-corrected chi connectivity index (χ0v) is 6.97. The zero-order valence-electron chi connectivity index (χ0n) is 6.97. The first-order valence-corrected chi connectivity index (χ1v) is 4.20. The van der Waals surface area contributed by atoms with Gasteiger partial charge in [-0.1, -0.05) is 6.42 Å². The van der Waals surface area contributed by atoms with Gasteiger partial charge in [-0.25, -0.2) is 0 Å². The minimum absolute atomic E-state index is 0.0940. The summed E-state index contributed by atoms with van der Waals surface area (Å²) in [6.45, 7) is 0.442. The quantitative estimate of drug-likeness (QED) is 0.568. The van der Waals surface area contributed by atoms with Crippen LogP contribution in [0.2, 0.25) is 0 Å². The van der Waals surface area contributed by atoms with E-state index in [9.17, 15) is 4.79 Å². The van der Waals surface area contributed by atoms with E-state index >= 15 is 0 Å². The van der Waals surface area contributed by atoms with Gasteiger partial charge in [-0.05, 0) is 12.8 Å². The summed E-state index contributed by atoms with van der Waals surface area (Å²) in [5.41, 5.74) is 0. The summed E-state index contributed by atoms with van der Waals surface area (Å²) in [7, 11) is 0. The number of carbonyl (C=O) groups is 1. The van der Waals surface area contributed by atoms with Crippen molar-refractivity contribution in [1.29, 1.82) is 5.26 Å². The number of hydrogen-bond acceptors (Lipinski definition) is 3. The van der Waals surface area contributed by atoms with Crippen molar-refractivity contribution in [2.75, 3.05) is 13.1 Å². The van der Waals surface area contributed by atoms with E-state index in [-0.39, 0.29) is 12.5 Å². The Kier molecular flexibility index (Phi) is 3.55. The molecule has 12 heavy (non-hydrogen) atoms. The fourth-order valence-electron chi connectivity index (χ4n) is 1.05. The lowest BCUT2D eigenvalue weighted by Gasteiger charge is -2.26. The van der Waals surface area contributed by atoms with Gasteiger partial charge in [0.1, 0.15) is 6.54 Å². The third kappa shape index (κ3) is 2.89. The molecule has 1 fully saturated rings. The first-order chi connectivity index (χ1) is 5.83. The Bertz CT molecular complexity index is 193. The summed E-state index contributed by atoms with van der Waals surface area (Å²) >= 11 is 0. The predicted molar refractivity (Wildman–Crippen MR) is 44.3 cm³/mol. The second-order valence-corrected chi connectivity index (χ2v) is 2.94. The molecule has 0 aromatic carbocycles. The molecule has 0 aromatic heterocycles. The standard InChI is InChI=1S/C8H13N3O/c9-4-5-10-8(12)6-11-7-2-1-3-7/h7,11H,1-3,5-6H2,(H,10,12). The number of hydrogen-bond donors (Lipinski definition) is 2. The third-order valence-electron chi connectivity index (χ3n) is 2.02. The number of nitriles is 1. The Balaban J connectivity index is 1.98. The molecule has 0 aromatic rings. The monoisotopic (exact) mass is 167 g/mol. The van der Waals surface area contributed by atoms with E-state index in [0.29, 0.717) is 12.6 Å². The van der Waals surface area contributed by atoms with Gasteiger partial charge in [-0.2, -0.15) is 5.26 Å². The van der Waals surface area contributed by atoms with Crippen LogP contribution >= 0.6 is 0 Å². The molecule has 0 bridgehead atoms. The maximum atomic E-state index is 10.9. The second-order valence-electron chi connectivity index (χ2n) is 2.94. The maximum Gasteiger partial charge on any atom is 0.234 e. The number of carbonyl (C=O) groups excluding carboxylic acids is 1. The molecule has 0 unspecified atom stereocenters. The summed E-state index contributed by atoms with van der Waals surface area (Å²) in [5, 5.41) is 13.7. The minimum Gasteiger partial charge on any atom is -0.342 e. The number of rotatable bonds is 4. The van der Waals surface area contributed by atoms with Gasteiger partial charge < -0.3 is 10.6 Å². The van der Waals surface area contributed by atoms with Gasteiger partial charge in [0.15, 0.2) is 0 Å². The topological polar surface area (TPSA) is 64.9 Å². The fourth-order valence-corrected chi connectivity index (χ4v) is 1.05. The van der Waals surface area contributed by atoms with E-state index in [1.54, 1.807) is 0 Å². The van der Waals surface area contributed by atoms with Crippen LogP contribution in [-0.4, -0.2) is 25.0 Å². The number of nitrogens with zero attached hydrogens (tertiary/aromatic N) is 1. The molecule has 1 aliphatic carbocycles. The summed E-state index contributed by atoms with van der Waals surface area (Å²) < 4.78 is 0. The van der Waals surface area contributed by atoms with Gasteiger partial charge in [-0.3, -0.25) is 4.79 Å². The van der Waals surface area contributed by atoms with Crippen molar-refractivity contribution in [3.05, 3.63) is 0 Å². The second kappa shape index (κ2) is 4.73. The van der Waals surface area contributed by atoms with Crippen molar-refractivity contribution in [3.8, 4) is 6.07 Å². The van der Waals surface area contributed by atoms with Crippen molar-refractivity contribution >= 4 is 5.91 Å². The van der Waals surface area contributed by atoms with Crippen LogP contribution in [0.25, 0.3) is 0 Å². The molecule has 0 saturated heterocycles. The SMILES string of the molecule is N#CCNC(=O)CNC1CCC1. The normalized spacial score (nSPS) is 16.2. The van der Waals surface area contributed by atoms with E-state index in [1.807, 2.05) is 6.07 Å². The van der Waals surface area contributed by atoms with Crippen molar-refractivity contribution < 1.29 is 4.79 Å². The Labute approximate surface area is 71.9 Å². The summed E-state index contributed by atoms with van der Waals surface area (Å²) in [4.78, 5) is 10.9. The van der Waals surface area contributed by atoms with Crippen LogP contribution in [0.4, 0.5) is 0 Å². The van der Waals surface area contributed by atoms with Crippen LogP contribution in [0.3, 0.4) is 0 Å². The zero-order chi connectivity index (χ0) is 8.81. The van der Waals surface area contributed by atoms with E-state index in [4.69, 9.17) is 5.26 Å². The van der Waals surface area contributed by atoms with Gasteiger partial charge in [0.05, 0.1) is 12.6 Å². The third-order valence-corrected chi connectivity index (χ3v) is 2.02. The van der Waals surface area contributed by atoms with Crippen molar-refractivity contribution in [1.82, 2.24) is 10.6 Å². The average Bonchev–Trinajstić information content (AvgIpc) is 1.98. The first kappa shape index (κ1) is 9.01. The molecule has 66 valence electrons. The molecule has 1 aliphatic rings. The largest absolute Gasteiger partial charge is 0.342 e. The molecule has 1 rings (SSSR count). The summed E-state index contributed by atoms with van der Waals surface area (Å²) in [6, 6.07) is 2.38. The highest BCUT2D eigenvalue weighted by molar-refractivity contribution is 5.78. The predicted octanol–water partition coefficient (Wildman–Crippen LogP) is -0.232. The molecule has 4 nitrogen and oxygen atoms in total. The Morgan fingerprint density at radius 2 is 2.33 bits per heavy atom. The first-order valence-electron chi connectivity index (χ1n) is 4.20. The van der Waals surface area contributed by atoms with Crippen LogP contribution in [0, 0.1) is 11.3 Å². The molecular formula is C8H13N3O. The minimum atomic E-state index is -0.0940. The molecule has 0 aliphatic heterocycles. The molecule has 0 radical (unpaired) electrons. The van der Waals surface area contributed by atoms with Gasteiger partial charge in [0, 0.05) is 6.04 Å². The fraction of sp³-hybridized carbons (Fsp3) is 0.750. The molecule has 4 heteroatoms. The Morgan fingerprint density at radius 1 is 1.58 bits per heavy atom. The molecule has 1 saturated carbocycles. The highest BCUT2D eigenvalue weighted by Gasteiger charge is 2.16. The average molecular weight is 167 g/mol. The maximum absolute atomic E-state index is 10.9. The van der Waals surface area contributed by atoms with Crippen LogP contribution < -0.4 is 10.6 Å². The Morgan fingerprint density at radius 3 is 2.83 bits per heavy atom. The summed E-state index contributed by atoms with van der Waals surface area (Å²) in [6.07, 6.45) is 3.61. The van der Waals surface area contributed by atoms with E-state index in [0.717, 1.165) is 0 Å². The Hall–Kier alpha value is -1.08. The lowest BCUT2D eigenvalue weighted by Crippen LogP contribution is -2.42. The molecular weight excluding hydrogens is 154 g/mol. The molecule has 0 spiro atoms. The van der Waals surface area contributed by atoms with E-state index in [1.165, 1.54) is 19.3 Å². The smallest absolute Gasteiger partial charge is 0.234 e. The highest BCUT2D eigenvalue weighted by atomic mass is 16.1. The number of amides is 1. The van der Waals surface area contributed by atoms with E-state index in [2.05, 4.69) is 10.6 Å². The van der Waals surface area contributed by atoms with Crippen molar-refractivity contribution in [2.24, 2.45) is 0 Å². The van der Waals surface area contributed by atoms with Crippen LogP contribution in [0.5, 0.6) is 0 Å². The summed E-state index contributed by atoms with van der Waals surface area (Å²) in [5.74, 6) is -0.0940. The van der Waals surface area contributed by atoms with Crippen molar-refractivity contribution in [3.63, 3.8) is 0 Å². The van der Waals surface area contributed by atoms with Crippen molar-refractivity contribution in [2.45, 2.75) is 25.3 Å². The van der Waals surface area contributed by atoms with Gasteiger partial charge >= 0.3 is 0 Å². The van der Waals surface area contributed by atoms with Gasteiger partial charge in [-0.15, -0.1) is 0 Å². The van der Waals surface area contributed by atoms with Crippen LogP contribution in [-0.2, 0) is 4.79 Å². The van der Waals surface area contributed by atoms with E-state index < -0.39 is 0 Å². The number of nitrogens with one attached hydrogen (secondary N) is 2. The molecule has 1 amide bonds. The van der Waals surface area contributed by atoms with Crippen LogP contribution in [0.1, 0.15) is 19.3 Å². The molecule has 0 heterocycles. The van der Waals surface area contributed by atoms with Gasteiger partial charge in [0.2, 0.25) is 5.91 Å².